The molecule has 2 amide bonds. The summed E-state index contributed by atoms with van der Waals surface area (Å²) in [6.45, 7) is 2.29. The van der Waals surface area contributed by atoms with Crippen molar-refractivity contribution in [3.63, 3.8) is 0 Å². The molecule has 0 bridgehead atoms. The van der Waals surface area contributed by atoms with Gasteiger partial charge in [-0.2, -0.15) is 26.3 Å². The van der Waals surface area contributed by atoms with Gasteiger partial charge in [0, 0.05) is 38.0 Å². The molecule has 0 aliphatic heterocycles. The Kier molecular flexibility index (Phi) is 9.89. The molecule has 0 fully saturated rings. The number of urea groups is 1. The molecule has 0 aliphatic carbocycles. The van der Waals surface area contributed by atoms with Crippen LogP contribution < -0.4 is 14.8 Å². The van der Waals surface area contributed by atoms with Gasteiger partial charge in [0.1, 0.15) is 5.75 Å². The number of halogens is 6. The molecular formula is C25H30F6N6O4. The minimum Gasteiger partial charge on any atom is -0.494 e. The fourth-order valence-electron chi connectivity index (χ4n) is 4.27. The van der Waals surface area contributed by atoms with E-state index in [2.05, 4.69) is 20.3 Å². The second-order valence-corrected chi connectivity index (χ2v) is 9.04. The Labute approximate surface area is 231 Å². The van der Waals surface area contributed by atoms with E-state index in [9.17, 15) is 31.1 Å². The molecule has 2 atom stereocenters. The number of carbonyl (C=O) groups is 1. The number of alkyl halides is 6. The van der Waals surface area contributed by atoms with Crippen molar-refractivity contribution in [3.05, 3.63) is 36.0 Å². The highest BCUT2D eigenvalue weighted by Crippen LogP contribution is 2.40. The minimum absolute atomic E-state index is 0.0974. The zero-order chi connectivity index (χ0) is 30.5. The first-order valence-corrected chi connectivity index (χ1v) is 12.4. The molecule has 226 valence electrons. The molecule has 16 heteroatoms. The van der Waals surface area contributed by atoms with Crippen LogP contribution in [0.5, 0.6) is 11.6 Å². The summed E-state index contributed by atoms with van der Waals surface area (Å²) in [4.78, 5) is 26.1. The first-order chi connectivity index (χ1) is 19.2. The Morgan fingerprint density at radius 3 is 2.37 bits per heavy atom. The van der Waals surface area contributed by atoms with E-state index in [0.29, 0.717) is 16.2 Å². The monoisotopic (exact) mass is 592 g/mol. The number of nitrogens with zero attached hydrogens (tertiary/aromatic N) is 5. The average molecular weight is 593 g/mol. The number of carbonyl (C=O) groups excluding carboxylic acids is 1. The summed E-state index contributed by atoms with van der Waals surface area (Å²) in [5.74, 6) is 0.209. The molecular weight excluding hydrogens is 562 g/mol. The van der Waals surface area contributed by atoms with Gasteiger partial charge >= 0.3 is 18.4 Å². The van der Waals surface area contributed by atoms with Crippen LogP contribution in [0.3, 0.4) is 0 Å². The minimum atomic E-state index is -5.01. The van der Waals surface area contributed by atoms with Crippen LogP contribution in [-0.4, -0.2) is 83.2 Å². The number of hydrogen-bond acceptors (Lipinski definition) is 7. The Morgan fingerprint density at radius 1 is 1.10 bits per heavy atom. The van der Waals surface area contributed by atoms with E-state index in [0.717, 1.165) is 12.3 Å². The first kappa shape index (κ1) is 31.7. The van der Waals surface area contributed by atoms with Gasteiger partial charge in [0.15, 0.2) is 6.04 Å². The lowest BCUT2D eigenvalue weighted by Gasteiger charge is -2.33. The predicted octanol–water partition coefficient (Wildman–Crippen LogP) is 5.11. The Bertz CT molecular complexity index is 1350. The molecule has 41 heavy (non-hydrogen) atoms. The standard InChI is InChI=1S/C25H30F6N6O4/c1-6-37(23(38)34-15(13-39-3)7-8-24(26,27)28)20(25(29,30)31)17-9-16(19(40-4)10-32-17)18-12-36-11-14(2)33-21(36)22(35-18)41-5/h9-12,15,20H,6-8,13H2,1-5H3,(H,34,38). The molecule has 1 N–H and O–H groups in total. The van der Waals surface area contributed by atoms with Gasteiger partial charge in [-0.25, -0.2) is 14.8 Å². The summed E-state index contributed by atoms with van der Waals surface area (Å²) in [6.07, 6.45) is -7.08. The van der Waals surface area contributed by atoms with E-state index < -0.39 is 55.5 Å². The smallest absolute Gasteiger partial charge is 0.414 e. The summed E-state index contributed by atoms with van der Waals surface area (Å²) in [6, 6.07) is -3.86. The summed E-state index contributed by atoms with van der Waals surface area (Å²) in [7, 11) is 3.88. The third-order valence-electron chi connectivity index (χ3n) is 6.08. The fraction of sp³-hybridized carbons (Fsp3) is 0.520. The van der Waals surface area contributed by atoms with Crippen LogP contribution in [0.2, 0.25) is 0 Å². The lowest BCUT2D eigenvalue weighted by Crippen LogP contribution is -2.51. The van der Waals surface area contributed by atoms with Crippen molar-refractivity contribution in [2.75, 3.05) is 34.5 Å². The SMILES string of the molecule is CCN(C(=O)NC(CCC(F)(F)F)COC)C(c1cc(-c2cn3cc(C)nc3c(OC)n2)c(OC)cn1)C(F)(F)F. The molecule has 0 saturated heterocycles. The Balaban J connectivity index is 2.05. The van der Waals surface area contributed by atoms with E-state index in [1.807, 2.05) is 0 Å². The summed E-state index contributed by atoms with van der Waals surface area (Å²) in [5.41, 5.74) is 0.769. The predicted molar refractivity (Wildman–Crippen MR) is 135 cm³/mol. The van der Waals surface area contributed by atoms with Crippen LogP contribution in [0, 0.1) is 6.92 Å². The number of imidazole rings is 1. The number of ether oxygens (including phenoxy) is 3. The van der Waals surface area contributed by atoms with Gasteiger partial charge in [-0.1, -0.05) is 0 Å². The zero-order valence-corrected chi connectivity index (χ0v) is 22.9. The number of amides is 2. The molecule has 10 nitrogen and oxygen atoms in total. The molecule has 0 saturated carbocycles. The average Bonchev–Trinajstić information content (AvgIpc) is 3.28. The normalized spacial score (nSPS) is 13.6. The van der Waals surface area contributed by atoms with E-state index in [-0.39, 0.29) is 29.5 Å². The molecule has 0 radical (unpaired) electrons. The van der Waals surface area contributed by atoms with Crippen molar-refractivity contribution in [3.8, 4) is 22.9 Å². The highest BCUT2D eigenvalue weighted by Gasteiger charge is 2.48. The number of pyridine rings is 1. The van der Waals surface area contributed by atoms with E-state index in [1.165, 1.54) is 34.4 Å². The van der Waals surface area contributed by atoms with E-state index >= 15 is 0 Å². The largest absolute Gasteiger partial charge is 0.494 e. The van der Waals surface area contributed by atoms with Crippen LogP contribution in [0.15, 0.2) is 24.7 Å². The number of nitrogens with one attached hydrogen (secondary N) is 1. The van der Waals surface area contributed by atoms with Crippen molar-refractivity contribution in [1.29, 1.82) is 0 Å². The summed E-state index contributed by atoms with van der Waals surface area (Å²) in [5, 5.41) is 2.24. The zero-order valence-electron chi connectivity index (χ0n) is 22.9. The maximum absolute atomic E-state index is 14.5. The van der Waals surface area contributed by atoms with Gasteiger partial charge in [-0.05, 0) is 26.3 Å². The third-order valence-corrected chi connectivity index (χ3v) is 6.08. The fourth-order valence-corrected chi connectivity index (χ4v) is 4.27. The number of hydrogen-bond donors (Lipinski definition) is 1. The summed E-state index contributed by atoms with van der Waals surface area (Å²) >= 11 is 0. The van der Waals surface area contributed by atoms with Crippen LogP contribution >= 0.6 is 0 Å². The number of rotatable bonds is 11. The summed E-state index contributed by atoms with van der Waals surface area (Å²) < 4.78 is 98.9. The first-order valence-electron chi connectivity index (χ1n) is 12.4. The van der Waals surface area contributed by atoms with Gasteiger partial charge in [-0.15, -0.1) is 0 Å². The number of aromatic nitrogens is 4. The van der Waals surface area contributed by atoms with E-state index in [1.54, 1.807) is 17.5 Å². The van der Waals surface area contributed by atoms with Crippen molar-refractivity contribution >= 4 is 11.7 Å². The molecule has 3 aromatic heterocycles. The quantitative estimate of drug-likeness (QED) is 0.309. The van der Waals surface area contributed by atoms with Gasteiger partial charge in [0.2, 0.25) is 5.65 Å². The molecule has 0 spiro atoms. The number of fused-ring (bicyclic) bond motifs is 1. The number of methoxy groups -OCH3 is 3. The maximum Gasteiger partial charge on any atom is 0.414 e. The van der Waals surface area contributed by atoms with Crippen LogP contribution in [0.1, 0.15) is 37.2 Å². The van der Waals surface area contributed by atoms with Crippen molar-refractivity contribution in [1.82, 2.24) is 29.6 Å². The molecule has 0 aromatic carbocycles. The van der Waals surface area contributed by atoms with Gasteiger partial charge < -0.3 is 28.8 Å². The lowest BCUT2D eigenvalue weighted by atomic mass is 10.1. The topological polar surface area (TPSA) is 103 Å². The molecule has 2 unspecified atom stereocenters. The highest BCUT2D eigenvalue weighted by molar-refractivity contribution is 5.75. The van der Waals surface area contributed by atoms with Crippen LogP contribution in [-0.2, 0) is 4.74 Å². The second kappa shape index (κ2) is 12.8. The van der Waals surface area contributed by atoms with Crippen molar-refractivity contribution in [2.45, 2.75) is 51.1 Å². The second-order valence-electron chi connectivity index (χ2n) is 9.04. The lowest BCUT2D eigenvalue weighted by molar-refractivity contribution is -0.179. The molecule has 0 aliphatic rings. The van der Waals surface area contributed by atoms with Crippen LogP contribution in [0.4, 0.5) is 31.1 Å². The molecule has 3 aromatic rings. The Morgan fingerprint density at radius 2 is 1.80 bits per heavy atom. The van der Waals surface area contributed by atoms with Crippen molar-refractivity contribution < 1.29 is 45.3 Å². The van der Waals surface area contributed by atoms with E-state index in [4.69, 9.17) is 14.2 Å². The van der Waals surface area contributed by atoms with Gasteiger partial charge in [0.05, 0.1) is 50.1 Å². The Hall–Kier alpha value is -3.82. The van der Waals surface area contributed by atoms with Gasteiger partial charge in [-0.3, -0.25) is 4.98 Å². The molecule has 3 heterocycles. The molecule has 3 rings (SSSR count). The van der Waals surface area contributed by atoms with Crippen molar-refractivity contribution in [2.24, 2.45) is 0 Å². The maximum atomic E-state index is 14.5. The highest BCUT2D eigenvalue weighted by atomic mass is 19.4. The van der Waals surface area contributed by atoms with Crippen LogP contribution in [0.25, 0.3) is 16.9 Å². The third kappa shape index (κ3) is 7.68. The number of aryl methyl sites for hydroxylation is 1. The van der Waals surface area contributed by atoms with Gasteiger partial charge in [0.25, 0.3) is 5.88 Å².